The fraction of sp³-hybridized carbons (Fsp3) is 0.300. The maximum absolute atomic E-state index is 12.3. The van der Waals surface area contributed by atoms with Gasteiger partial charge in [0.1, 0.15) is 0 Å². The first-order chi connectivity index (χ1) is 11.8. The van der Waals surface area contributed by atoms with Crippen LogP contribution in [0.5, 0.6) is 0 Å². The molecule has 0 unspecified atom stereocenters. The van der Waals surface area contributed by atoms with E-state index < -0.39 is 0 Å². The fourth-order valence-corrected chi connectivity index (χ4v) is 2.87. The van der Waals surface area contributed by atoms with E-state index in [0.29, 0.717) is 0 Å². The minimum Gasteiger partial charge on any atom is -0.337 e. The van der Waals surface area contributed by atoms with Gasteiger partial charge in [0, 0.05) is 51.2 Å². The highest BCUT2D eigenvalue weighted by Gasteiger charge is 2.19. The zero-order valence-corrected chi connectivity index (χ0v) is 13.8. The molecule has 0 atom stereocenters. The monoisotopic (exact) mass is 321 g/mol. The number of carbonyl (C=O) groups is 1. The van der Waals surface area contributed by atoms with Crippen molar-refractivity contribution in [2.45, 2.75) is 6.42 Å². The van der Waals surface area contributed by atoms with Crippen molar-refractivity contribution in [3.8, 4) is 0 Å². The van der Waals surface area contributed by atoms with Crippen molar-refractivity contribution in [1.82, 2.24) is 14.8 Å². The molecule has 0 saturated carbocycles. The van der Waals surface area contributed by atoms with Gasteiger partial charge >= 0.3 is 0 Å². The number of amides is 1. The molecule has 0 spiro atoms. The largest absolute Gasteiger partial charge is 0.337 e. The summed E-state index contributed by atoms with van der Waals surface area (Å²) in [7, 11) is 0. The fourth-order valence-electron chi connectivity index (χ4n) is 2.87. The summed E-state index contributed by atoms with van der Waals surface area (Å²) in [4.78, 5) is 20.6. The number of benzene rings is 1. The number of piperazine rings is 1. The van der Waals surface area contributed by atoms with Crippen LogP contribution in [0.15, 0.2) is 60.9 Å². The molecule has 24 heavy (non-hydrogen) atoms. The molecule has 4 heteroatoms. The van der Waals surface area contributed by atoms with Gasteiger partial charge in [-0.05, 0) is 35.8 Å². The first-order valence-electron chi connectivity index (χ1n) is 8.44. The SMILES string of the molecule is O=C(/C=C/c1ccncc1)N1CCN(CCc2ccccc2)CC1. The molecule has 1 aromatic carbocycles. The summed E-state index contributed by atoms with van der Waals surface area (Å²) in [5, 5.41) is 0. The number of carbonyl (C=O) groups excluding carboxylic acids is 1. The van der Waals surface area contributed by atoms with E-state index in [9.17, 15) is 4.79 Å². The highest BCUT2D eigenvalue weighted by molar-refractivity contribution is 5.91. The molecule has 1 saturated heterocycles. The molecular weight excluding hydrogens is 298 g/mol. The molecule has 1 fully saturated rings. The molecule has 0 radical (unpaired) electrons. The number of rotatable bonds is 5. The van der Waals surface area contributed by atoms with Gasteiger partial charge in [-0.15, -0.1) is 0 Å². The van der Waals surface area contributed by atoms with Gasteiger partial charge in [0.25, 0.3) is 0 Å². The third kappa shape index (κ3) is 4.77. The Balaban J connectivity index is 1.43. The van der Waals surface area contributed by atoms with Crippen LogP contribution >= 0.6 is 0 Å². The van der Waals surface area contributed by atoms with E-state index >= 15 is 0 Å². The van der Waals surface area contributed by atoms with Gasteiger partial charge in [0.05, 0.1) is 0 Å². The van der Waals surface area contributed by atoms with Crippen molar-refractivity contribution in [3.63, 3.8) is 0 Å². The Morgan fingerprint density at radius 3 is 2.42 bits per heavy atom. The molecule has 4 nitrogen and oxygen atoms in total. The molecule has 0 bridgehead atoms. The molecular formula is C20H23N3O. The van der Waals surface area contributed by atoms with Gasteiger partial charge in [-0.3, -0.25) is 14.7 Å². The quantitative estimate of drug-likeness (QED) is 0.794. The molecule has 3 rings (SSSR count). The van der Waals surface area contributed by atoms with E-state index in [1.54, 1.807) is 18.5 Å². The van der Waals surface area contributed by atoms with Crippen molar-refractivity contribution in [2.24, 2.45) is 0 Å². The minimum atomic E-state index is 0.0921. The van der Waals surface area contributed by atoms with Crippen molar-refractivity contribution < 1.29 is 4.79 Å². The Kier molecular flexibility index (Phi) is 5.75. The summed E-state index contributed by atoms with van der Waals surface area (Å²) in [6.45, 7) is 4.55. The van der Waals surface area contributed by atoms with Gasteiger partial charge < -0.3 is 4.90 Å². The molecule has 1 amide bonds. The second kappa shape index (κ2) is 8.41. The summed E-state index contributed by atoms with van der Waals surface area (Å²) >= 11 is 0. The lowest BCUT2D eigenvalue weighted by atomic mass is 10.1. The van der Waals surface area contributed by atoms with Gasteiger partial charge in [-0.1, -0.05) is 30.3 Å². The molecule has 1 aromatic heterocycles. The first-order valence-corrected chi connectivity index (χ1v) is 8.44. The zero-order valence-electron chi connectivity index (χ0n) is 13.8. The second-order valence-electron chi connectivity index (χ2n) is 6.02. The maximum atomic E-state index is 12.3. The Labute approximate surface area is 143 Å². The van der Waals surface area contributed by atoms with Crippen LogP contribution in [0.1, 0.15) is 11.1 Å². The van der Waals surface area contributed by atoms with Crippen LogP contribution in [0.25, 0.3) is 6.08 Å². The Morgan fingerprint density at radius 1 is 1.00 bits per heavy atom. The Bertz CT molecular complexity index is 662. The van der Waals surface area contributed by atoms with Crippen LogP contribution in [0, 0.1) is 0 Å². The van der Waals surface area contributed by atoms with Gasteiger partial charge in [-0.25, -0.2) is 0 Å². The number of nitrogens with zero attached hydrogens (tertiary/aromatic N) is 3. The number of aromatic nitrogens is 1. The van der Waals surface area contributed by atoms with Gasteiger partial charge in [0.15, 0.2) is 0 Å². The summed E-state index contributed by atoms with van der Waals surface area (Å²) in [6, 6.07) is 14.3. The van der Waals surface area contributed by atoms with Gasteiger partial charge in [0.2, 0.25) is 5.91 Å². The van der Waals surface area contributed by atoms with Crippen LogP contribution in [0.2, 0.25) is 0 Å². The molecule has 0 N–H and O–H groups in total. The van der Waals surface area contributed by atoms with Crippen LogP contribution in [0.3, 0.4) is 0 Å². The standard InChI is InChI=1S/C20H23N3O/c24-20(7-6-19-8-11-21-12-9-19)23-16-14-22(15-17-23)13-10-18-4-2-1-3-5-18/h1-9,11-12H,10,13-17H2/b7-6+. The Morgan fingerprint density at radius 2 is 1.71 bits per heavy atom. The van der Waals surface area contributed by atoms with Crippen LogP contribution < -0.4 is 0 Å². The molecule has 1 aliphatic heterocycles. The molecule has 2 aromatic rings. The normalized spacial score (nSPS) is 15.8. The third-order valence-electron chi connectivity index (χ3n) is 4.37. The number of hydrogen-bond acceptors (Lipinski definition) is 3. The van der Waals surface area contributed by atoms with Crippen molar-refractivity contribution in [2.75, 3.05) is 32.7 Å². The maximum Gasteiger partial charge on any atom is 0.246 e. The third-order valence-corrected chi connectivity index (χ3v) is 4.37. The molecule has 124 valence electrons. The van der Waals surface area contributed by atoms with Crippen molar-refractivity contribution in [1.29, 1.82) is 0 Å². The van der Waals surface area contributed by atoms with Crippen LogP contribution in [-0.4, -0.2) is 53.4 Å². The lowest BCUT2D eigenvalue weighted by Crippen LogP contribution is -2.48. The van der Waals surface area contributed by atoms with E-state index in [0.717, 1.165) is 44.7 Å². The number of pyridine rings is 1. The lowest BCUT2D eigenvalue weighted by Gasteiger charge is -2.34. The summed E-state index contributed by atoms with van der Waals surface area (Å²) in [6.07, 6.45) is 8.04. The molecule has 2 heterocycles. The minimum absolute atomic E-state index is 0.0921. The highest BCUT2D eigenvalue weighted by atomic mass is 16.2. The average Bonchev–Trinajstić information content (AvgIpc) is 2.66. The lowest BCUT2D eigenvalue weighted by molar-refractivity contribution is -0.127. The summed E-state index contributed by atoms with van der Waals surface area (Å²) in [5.41, 5.74) is 2.37. The van der Waals surface area contributed by atoms with E-state index in [2.05, 4.69) is 34.1 Å². The smallest absolute Gasteiger partial charge is 0.246 e. The predicted molar refractivity (Wildman–Crippen MR) is 96.4 cm³/mol. The number of hydrogen-bond donors (Lipinski definition) is 0. The topological polar surface area (TPSA) is 36.4 Å². The molecule has 0 aliphatic carbocycles. The Hall–Kier alpha value is -2.46. The molecule has 1 aliphatic rings. The second-order valence-corrected chi connectivity index (χ2v) is 6.02. The highest BCUT2D eigenvalue weighted by Crippen LogP contribution is 2.07. The van der Waals surface area contributed by atoms with E-state index in [1.165, 1.54) is 5.56 Å². The van der Waals surface area contributed by atoms with E-state index in [-0.39, 0.29) is 5.91 Å². The average molecular weight is 321 g/mol. The van der Waals surface area contributed by atoms with Crippen molar-refractivity contribution in [3.05, 3.63) is 72.1 Å². The van der Waals surface area contributed by atoms with Crippen LogP contribution in [-0.2, 0) is 11.2 Å². The van der Waals surface area contributed by atoms with E-state index in [1.807, 2.05) is 29.2 Å². The van der Waals surface area contributed by atoms with E-state index in [4.69, 9.17) is 0 Å². The zero-order chi connectivity index (χ0) is 16.6. The summed E-state index contributed by atoms with van der Waals surface area (Å²) in [5.74, 6) is 0.0921. The first kappa shape index (κ1) is 16.4. The predicted octanol–water partition coefficient (Wildman–Crippen LogP) is 2.48. The summed E-state index contributed by atoms with van der Waals surface area (Å²) < 4.78 is 0. The van der Waals surface area contributed by atoms with Gasteiger partial charge in [-0.2, -0.15) is 0 Å². The van der Waals surface area contributed by atoms with Crippen molar-refractivity contribution >= 4 is 12.0 Å². The van der Waals surface area contributed by atoms with Crippen LogP contribution in [0.4, 0.5) is 0 Å².